The van der Waals surface area contributed by atoms with Crippen LogP contribution >= 0.6 is 15.9 Å². The van der Waals surface area contributed by atoms with Crippen LogP contribution in [0.2, 0.25) is 0 Å². The highest BCUT2D eigenvalue weighted by Crippen LogP contribution is 2.38. The summed E-state index contributed by atoms with van der Waals surface area (Å²) in [7, 11) is 0. The van der Waals surface area contributed by atoms with E-state index in [4.69, 9.17) is 0 Å². The molecule has 0 amide bonds. The fourth-order valence-corrected chi connectivity index (χ4v) is 7.30. The van der Waals surface area contributed by atoms with E-state index >= 15 is 0 Å². The Morgan fingerprint density at radius 3 is 1.24 bits per heavy atom. The molecule has 4 heteroatoms. The Balaban J connectivity index is 1.15. The topological polar surface area (TPSA) is 13.1 Å². The predicted octanol–water partition coefficient (Wildman–Crippen LogP) is 12.1. The zero-order valence-electron chi connectivity index (χ0n) is 24.9. The maximum atomic E-state index is 3.70. The quantitative estimate of drug-likeness (QED) is 0.180. The summed E-state index contributed by atoms with van der Waals surface area (Å²) in [5.41, 5.74) is 10.4. The van der Waals surface area contributed by atoms with Crippen molar-refractivity contribution in [3.63, 3.8) is 0 Å². The molecular formula is C42H28BrN3. The number of benzene rings is 7. The molecule has 0 saturated carbocycles. The second-order valence-electron chi connectivity index (χ2n) is 11.6. The van der Waals surface area contributed by atoms with Crippen molar-refractivity contribution in [2.45, 2.75) is 0 Å². The molecule has 0 fully saturated rings. The van der Waals surface area contributed by atoms with E-state index < -0.39 is 0 Å². The Kier molecular flexibility index (Phi) is 6.29. The van der Waals surface area contributed by atoms with Crippen molar-refractivity contribution >= 4 is 76.6 Å². The van der Waals surface area contributed by atoms with Crippen molar-refractivity contribution in [1.82, 2.24) is 9.13 Å². The van der Waals surface area contributed by atoms with Crippen LogP contribution < -0.4 is 4.90 Å². The number of hydrogen-bond donors (Lipinski definition) is 0. The summed E-state index contributed by atoms with van der Waals surface area (Å²) in [4.78, 5) is 2.32. The van der Waals surface area contributed by atoms with Crippen LogP contribution in [0.25, 0.3) is 55.0 Å². The molecule has 0 aliphatic heterocycles. The number of hydrogen-bond acceptors (Lipinski definition) is 1. The molecule has 9 aromatic rings. The second-order valence-corrected chi connectivity index (χ2v) is 12.5. The Labute approximate surface area is 275 Å². The molecule has 218 valence electrons. The first-order valence-corrected chi connectivity index (χ1v) is 16.3. The monoisotopic (exact) mass is 653 g/mol. The molecule has 0 atom stereocenters. The predicted molar refractivity (Wildman–Crippen MR) is 198 cm³/mol. The van der Waals surface area contributed by atoms with Gasteiger partial charge in [0.1, 0.15) is 0 Å². The Morgan fingerprint density at radius 2 is 0.739 bits per heavy atom. The lowest BCUT2D eigenvalue weighted by atomic mass is 10.1. The largest absolute Gasteiger partial charge is 0.311 e. The molecule has 0 bridgehead atoms. The number of halogens is 1. The third-order valence-electron chi connectivity index (χ3n) is 8.96. The molecule has 46 heavy (non-hydrogen) atoms. The minimum absolute atomic E-state index is 1.07. The van der Waals surface area contributed by atoms with E-state index in [-0.39, 0.29) is 0 Å². The molecule has 7 aromatic carbocycles. The first-order chi connectivity index (χ1) is 22.7. The van der Waals surface area contributed by atoms with Gasteiger partial charge in [-0.25, -0.2) is 0 Å². The average Bonchev–Trinajstić information content (AvgIpc) is 3.62. The number of fused-ring (bicyclic) bond motifs is 6. The molecule has 0 spiro atoms. The summed E-state index contributed by atoms with van der Waals surface area (Å²) in [6, 6.07) is 60.9. The fraction of sp³-hybridized carbons (Fsp3) is 0. The lowest BCUT2D eigenvalue weighted by Crippen LogP contribution is -2.10. The van der Waals surface area contributed by atoms with Crippen LogP contribution in [0, 0.1) is 0 Å². The zero-order chi connectivity index (χ0) is 30.6. The Bertz CT molecular complexity index is 2470. The van der Waals surface area contributed by atoms with Gasteiger partial charge in [0.2, 0.25) is 0 Å². The van der Waals surface area contributed by atoms with E-state index in [2.05, 4.69) is 200 Å². The van der Waals surface area contributed by atoms with Gasteiger partial charge in [0.15, 0.2) is 0 Å². The molecule has 0 radical (unpaired) electrons. The lowest BCUT2D eigenvalue weighted by molar-refractivity contribution is 1.17. The minimum atomic E-state index is 1.07. The summed E-state index contributed by atoms with van der Waals surface area (Å²) in [6.07, 6.45) is 0. The Morgan fingerprint density at radius 1 is 0.348 bits per heavy atom. The highest BCUT2D eigenvalue weighted by atomic mass is 79.9. The summed E-state index contributed by atoms with van der Waals surface area (Å²) >= 11 is 3.70. The van der Waals surface area contributed by atoms with Crippen LogP contribution in [0.4, 0.5) is 17.1 Å². The van der Waals surface area contributed by atoms with Crippen LogP contribution in [0.3, 0.4) is 0 Å². The second kappa shape index (κ2) is 10.8. The van der Waals surface area contributed by atoms with Crippen LogP contribution in [-0.4, -0.2) is 9.13 Å². The van der Waals surface area contributed by atoms with E-state index in [1.807, 2.05) is 0 Å². The highest BCUT2D eigenvalue weighted by Gasteiger charge is 2.17. The van der Waals surface area contributed by atoms with Crippen molar-refractivity contribution < 1.29 is 0 Å². The first-order valence-electron chi connectivity index (χ1n) is 15.5. The van der Waals surface area contributed by atoms with E-state index in [9.17, 15) is 0 Å². The number of aromatic nitrogens is 2. The highest BCUT2D eigenvalue weighted by molar-refractivity contribution is 9.10. The number of para-hydroxylation sites is 4. The maximum Gasteiger partial charge on any atom is 0.0552 e. The molecule has 0 unspecified atom stereocenters. The van der Waals surface area contributed by atoms with Crippen molar-refractivity contribution in [3.05, 3.63) is 174 Å². The van der Waals surface area contributed by atoms with Crippen LogP contribution in [-0.2, 0) is 0 Å². The normalized spacial score (nSPS) is 11.6. The molecule has 9 rings (SSSR count). The van der Waals surface area contributed by atoms with E-state index in [1.54, 1.807) is 0 Å². The van der Waals surface area contributed by atoms with Crippen LogP contribution in [0.15, 0.2) is 174 Å². The molecule has 0 aliphatic carbocycles. The van der Waals surface area contributed by atoms with Crippen LogP contribution in [0.1, 0.15) is 0 Å². The summed E-state index contributed by atoms with van der Waals surface area (Å²) in [6.45, 7) is 0. The molecule has 0 saturated heterocycles. The van der Waals surface area contributed by atoms with E-state index in [0.29, 0.717) is 0 Å². The average molecular weight is 655 g/mol. The van der Waals surface area contributed by atoms with E-state index in [0.717, 1.165) is 32.9 Å². The first kappa shape index (κ1) is 26.8. The molecule has 3 nitrogen and oxygen atoms in total. The van der Waals surface area contributed by atoms with Gasteiger partial charge >= 0.3 is 0 Å². The Hall–Kier alpha value is -5.58. The van der Waals surface area contributed by atoms with Gasteiger partial charge in [-0.3, -0.25) is 0 Å². The van der Waals surface area contributed by atoms with Gasteiger partial charge in [-0.1, -0.05) is 94.8 Å². The third-order valence-corrected chi connectivity index (χ3v) is 9.46. The molecule has 2 heterocycles. The maximum absolute atomic E-state index is 3.70. The van der Waals surface area contributed by atoms with Crippen LogP contribution in [0.5, 0.6) is 0 Å². The minimum Gasteiger partial charge on any atom is -0.311 e. The van der Waals surface area contributed by atoms with Gasteiger partial charge in [-0.15, -0.1) is 0 Å². The van der Waals surface area contributed by atoms with Gasteiger partial charge in [-0.05, 0) is 91.0 Å². The van der Waals surface area contributed by atoms with Gasteiger partial charge in [-0.2, -0.15) is 0 Å². The van der Waals surface area contributed by atoms with Gasteiger partial charge < -0.3 is 14.0 Å². The smallest absolute Gasteiger partial charge is 0.0552 e. The lowest BCUT2D eigenvalue weighted by Gasteiger charge is -2.26. The summed E-state index contributed by atoms with van der Waals surface area (Å²) in [5.74, 6) is 0. The van der Waals surface area contributed by atoms with E-state index in [1.165, 1.54) is 43.6 Å². The van der Waals surface area contributed by atoms with Crippen molar-refractivity contribution in [2.24, 2.45) is 0 Å². The third kappa shape index (κ3) is 4.26. The standard InChI is InChI=1S/C42H28BrN3/c43-29-18-27-38-37-14-6-9-17-41(37)46(42(38)28-29)34-25-21-32(22-26-34)44(30-10-2-1-3-11-30)31-19-23-33(24-20-31)45-39-15-7-4-12-35(39)36-13-5-8-16-40(36)45/h1-28H. The molecule has 2 aromatic heterocycles. The molecule has 0 N–H and O–H groups in total. The SMILES string of the molecule is Brc1ccc2c3ccccc3n(-c3ccc(N(c4ccccc4)c4ccc(-n5c6ccccc6c6ccccc65)cc4)cc3)c2c1. The van der Waals surface area contributed by atoms with Crippen molar-refractivity contribution in [2.75, 3.05) is 4.90 Å². The van der Waals surface area contributed by atoms with Gasteiger partial charge in [0, 0.05) is 54.5 Å². The molecular weight excluding hydrogens is 626 g/mol. The number of anilines is 3. The molecule has 0 aliphatic rings. The van der Waals surface area contributed by atoms with Crippen molar-refractivity contribution in [3.8, 4) is 11.4 Å². The number of rotatable bonds is 5. The number of nitrogens with zero attached hydrogens (tertiary/aromatic N) is 3. The van der Waals surface area contributed by atoms with Gasteiger partial charge in [0.05, 0.1) is 22.1 Å². The fourth-order valence-electron chi connectivity index (χ4n) is 6.95. The van der Waals surface area contributed by atoms with Crippen molar-refractivity contribution in [1.29, 1.82) is 0 Å². The summed E-state index contributed by atoms with van der Waals surface area (Å²) in [5, 5.41) is 5.04. The zero-order valence-corrected chi connectivity index (χ0v) is 26.5. The summed E-state index contributed by atoms with van der Waals surface area (Å²) < 4.78 is 5.78. The van der Waals surface area contributed by atoms with Gasteiger partial charge in [0.25, 0.3) is 0 Å².